The van der Waals surface area contributed by atoms with Crippen molar-refractivity contribution in [2.45, 2.75) is 58.5 Å². The molecule has 0 saturated carbocycles. The molecule has 0 saturated heterocycles. The van der Waals surface area contributed by atoms with E-state index in [1.807, 2.05) is 87.5 Å². The molecule has 0 radical (unpaired) electrons. The van der Waals surface area contributed by atoms with Gasteiger partial charge in [-0.05, 0) is 106 Å². The zero-order chi connectivity index (χ0) is 33.3. The molecule has 2 aromatic carbocycles. The van der Waals surface area contributed by atoms with Crippen molar-refractivity contribution in [2.24, 2.45) is 21.5 Å². The van der Waals surface area contributed by atoms with E-state index in [1.54, 1.807) is 0 Å². The summed E-state index contributed by atoms with van der Waals surface area (Å²) in [5.74, 6) is -0.124. The smallest absolute Gasteiger partial charge is 0.282 e. The number of nitrogens with one attached hydrogen (secondary N) is 2. The van der Waals surface area contributed by atoms with E-state index in [0.717, 1.165) is 57.3 Å². The normalized spacial score (nSPS) is 16.7. The highest BCUT2D eigenvalue weighted by molar-refractivity contribution is 7.14. The zero-order valence-electron chi connectivity index (χ0n) is 26.7. The first-order chi connectivity index (χ1) is 22.6. The molecule has 2 aliphatic rings. The van der Waals surface area contributed by atoms with Crippen LogP contribution in [0.5, 0.6) is 0 Å². The number of thiophene rings is 2. The standard InChI is InChI=1S/C18H21N3O2S.C17H19N3O2S/c1-11-9-16(24-12(11)2)17(22)20-14-6-3-13(4-7-14)5-8-15-10-23-18(19)21-15;1-11-2-9-15(23-11)16(21)19-13-6-3-12(4-7-13)5-8-14-10-22-17(18)20-14/h3-4,6-7,9,15H,5,8,10H2,1-2H3,(H2,19,21)(H,20,22);2-4,6-7,9,14H,5,8,10H2,1H3,(H2,18,20)(H,19,21)/t15-;14-/m00/s1. The van der Waals surface area contributed by atoms with E-state index < -0.39 is 0 Å². The van der Waals surface area contributed by atoms with E-state index in [-0.39, 0.29) is 35.9 Å². The van der Waals surface area contributed by atoms with Gasteiger partial charge in [0.15, 0.2) is 0 Å². The minimum Gasteiger partial charge on any atom is -0.463 e. The Morgan fingerprint density at radius 1 is 0.723 bits per heavy atom. The van der Waals surface area contributed by atoms with Gasteiger partial charge in [0, 0.05) is 21.1 Å². The molecule has 4 aromatic rings. The Labute approximate surface area is 282 Å². The monoisotopic (exact) mass is 672 g/mol. The van der Waals surface area contributed by atoms with Gasteiger partial charge < -0.3 is 31.6 Å². The third kappa shape index (κ3) is 9.90. The molecule has 4 heterocycles. The Hall–Kier alpha value is -4.68. The molecule has 12 heteroatoms. The van der Waals surface area contributed by atoms with E-state index in [1.165, 1.54) is 38.7 Å². The predicted octanol–water partition coefficient (Wildman–Crippen LogP) is 6.22. The van der Waals surface area contributed by atoms with Gasteiger partial charge in [0.2, 0.25) is 0 Å². The van der Waals surface area contributed by atoms with Gasteiger partial charge in [-0.25, -0.2) is 9.98 Å². The van der Waals surface area contributed by atoms with Gasteiger partial charge in [-0.3, -0.25) is 9.59 Å². The van der Waals surface area contributed by atoms with E-state index in [9.17, 15) is 9.59 Å². The van der Waals surface area contributed by atoms with Crippen molar-refractivity contribution in [3.05, 3.63) is 103 Å². The molecule has 10 nitrogen and oxygen atoms in total. The van der Waals surface area contributed by atoms with Crippen LogP contribution in [0.1, 0.15) is 58.6 Å². The number of ether oxygens (including phenoxy) is 2. The number of aryl methyl sites for hydroxylation is 5. The molecule has 246 valence electrons. The molecule has 2 aliphatic heterocycles. The van der Waals surface area contributed by atoms with Gasteiger partial charge in [0.25, 0.3) is 23.9 Å². The van der Waals surface area contributed by atoms with Crippen molar-refractivity contribution in [2.75, 3.05) is 23.8 Å². The summed E-state index contributed by atoms with van der Waals surface area (Å²) in [5, 5.41) is 5.86. The Bertz CT molecular complexity index is 1720. The number of benzene rings is 2. The van der Waals surface area contributed by atoms with Crippen molar-refractivity contribution in [1.29, 1.82) is 0 Å². The molecule has 0 fully saturated rings. The lowest BCUT2D eigenvalue weighted by Gasteiger charge is -2.07. The first kappa shape index (κ1) is 33.7. The van der Waals surface area contributed by atoms with Crippen molar-refractivity contribution in [3.8, 4) is 0 Å². The molecule has 6 rings (SSSR count). The van der Waals surface area contributed by atoms with Crippen molar-refractivity contribution >= 4 is 57.9 Å². The maximum Gasteiger partial charge on any atom is 0.282 e. The van der Waals surface area contributed by atoms with E-state index >= 15 is 0 Å². The van der Waals surface area contributed by atoms with Crippen LogP contribution in [0.15, 0.2) is 76.7 Å². The highest BCUT2D eigenvalue weighted by Gasteiger charge is 2.17. The quantitative estimate of drug-likeness (QED) is 0.157. The fraction of sp³-hybridized carbons (Fsp3) is 0.314. The molecule has 47 heavy (non-hydrogen) atoms. The maximum absolute atomic E-state index is 12.3. The summed E-state index contributed by atoms with van der Waals surface area (Å²) in [4.78, 5) is 36.6. The van der Waals surface area contributed by atoms with Gasteiger partial charge >= 0.3 is 0 Å². The number of hydrogen-bond acceptors (Lipinski definition) is 10. The largest absolute Gasteiger partial charge is 0.463 e. The van der Waals surface area contributed by atoms with Crippen LogP contribution in [0.25, 0.3) is 0 Å². The molecule has 2 amide bonds. The Morgan fingerprint density at radius 3 is 1.60 bits per heavy atom. The zero-order valence-corrected chi connectivity index (χ0v) is 28.4. The number of anilines is 2. The molecule has 0 aliphatic carbocycles. The number of hydrogen-bond donors (Lipinski definition) is 4. The molecule has 0 spiro atoms. The number of nitrogens with zero attached hydrogens (tertiary/aromatic N) is 2. The summed E-state index contributed by atoms with van der Waals surface area (Å²) in [6.07, 6.45) is 3.62. The van der Waals surface area contributed by atoms with Crippen LogP contribution in [0, 0.1) is 20.8 Å². The van der Waals surface area contributed by atoms with Crippen LogP contribution >= 0.6 is 22.7 Å². The number of nitrogens with two attached hydrogens (primary N) is 2. The highest BCUT2D eigenvalue weighted by atomic mass is 32.1. The molecular formula is C35H40N6O4S2. The number of rotatable bonds is 10. The third-order valence-corrected chi connectivity index (χ3v) is 9.93. The molecule has 2 aromatic heterocycles. The molecule has 0 unspecified atom stereocenters. The Morgan fingerprint density at radius 2 is 1.21 bits per heavy atom. The van der Waals surface area contributed by atoms with Crippen LogP contribution < -0.4 is 22.1 Å². The minimum absolute atomic E-state index is 0.0585. The van der Waals surface area contributed by atoms with Gasteiger partial charge in [0.05, 0.1) is 21.8 Å². The average molecular weight is 673 g/mol. The maximum atomic E-state index is 12.3. The number of carbonyl (C=O) groups is 2. The van der Waals surface area contributed by atoms with Crippen LogP contribution in [0.3, 0.4) is 0 Å². The fourth-order valence-corrected chi connectivity index (χ4v) is 6.66. The lowest BCUT2D eigenvalue weighted by atomic mass is 10.1. The highest BCUT2D eigenvalue weighted by Crippen LogP contribution is 2.23. The summed E-state index contributed by atoms with van der Waals surface area (Å²) in [7, 11) is 0. The molecule has 6 N–H and O–H groups in total. The van der Waals surface area contributed by atoms with E-state index in [0.29, 0.717) is 13.2 Å². The number of amidine groups is 2. The van der Waals surface area contributed by atoms with Gasteiger partial charge in [0.1, 0.15) is 13.2 Å². The third-order valence-electron chi connectivity index (χ3n) is 7.78. The first-order valence-corrected chi connectivity index (χ1v) is 17.1. The molecular weight excluding hydrogens is 633 g/mol. The Kier molecular flexibility index (Phi) is 11.3. The number of amides is 2. The summed E-state index contributed by atoms with van der Waals surface area (Å²) in [6, 6.07) is 22.4. The SMILES string of the molecule is Cc1cc(C(=O)Nc2ccc(CC[C@H]3COC(N)=N3)cc2)sc1C.Cc1ccc(C(=O)Nc2ccc(CC[C@H]3COC(N)=N3)cc2)s1. The lowest BCUT2D eigenvalue weighted by Crippen LogP contribution is -2.10. The predicted molar refractivity (Wildman–Crippen MR) is 191 cm³/mol. The summed E-state index contributed by atoms with van der Waals surface area (Å²) in [5.41, 5.74) is 16.2. The topological polar surface area (TPSA) is 153 Å². The fourth-order valence-electron chi connectivity index (χ4n) is 4.97. The van der Waals surface area contributed by atoms with Gasteiger partial charge in [-0.2, -0.15) is 0 Å². The molecule has 0 bridgehead atoms. The summed E-state index contributed by atoms with van der Waals surface area (Å²) >= 11 is 3.01. The summed E-state index contributed by atoms with van der Waals surface area (Å²) in [6.45, 7) is 7.17. The second-order valence-electron chi connectivity index (χ2n) is 11.5. The van der Waals surface area contributed by atoms with Crippen LogP contribution in [0.4, 0.5) is 11.4 Å². The van der Waals surface area contributed by atoms with Crippen LogP contribution in [0.2, 0.25) is 0 Å². The Balaban J connectivity index is 0.000000185. The second kappa shape index (κ2) is 15.7. The van der Waals surface area contributed by atoms with Gasteiger partial charge in [-0.1, -0.05) is 24.3 Å². The average Bonchev–Trinajstić information content (AvgIpc) is 3.86. The van der Waals surface area contributed by atoms with Crippen LogP contribution in [-0.2, 0) is 22.3 Å². The lowest BCUT2D eigenvalue weighted by molar-refractivity contribution is 0.102. The number of aliphatic imine (C=N–C) groups is 2. The van der Waals surface area contributed by atoms with Crippen molar-refractivity contribution < 1.29 is 19.1 Å². The number of carbonyl (C=O) groups excluding carboxylic acids is 2. The van der Waals surface area contributed by atoms with Gasteiger partial charge in [-0.15, -0.1) is 22.7 Å². The van der Waals surface area contributed by atoms with E-state index in [2.05, 4.69) is 20.6 Å². The molecule has 2 atom stereocenters. The van der Waals surface area contributed by atoms with E-state index in [4.69, 9.17) is 20.9 Å². The minimum atomic E-state index is -0.0660. The first-order valence-electron chi connectivity index (χ1n) is 15.5. The van der Waals surface area contributed by atoms with Crippen LogP contribution in [-0.4, -0.2) is 49.2 Å². The van der Waals surface area contributed by atoms with Crippen molar-refractivity contribution in [3.63, 3.8) is 0 Å². The second-order valence-corrected chi connectivity index (χ2v) is 14.0. The summed E-state index contributed by atoms with van der Waals surface area (Å²) < 4.78 is 10.3. The van der Waals surface area contributed by atoms with Crippen molar-refractivity contribution in [1.82, 2.24) is 0 Å².